The number of likely N-dealkylation sites (tertiary alicyclic amines) is 1. The maximum absolute atomic E-state index is 12.3. The minimum Gasteiger partial charge on any atom is -0.492 e. The molecule has 1 aliphatic rings. The Morgan fingerprint density at radius 3 is 2.31 bits per heavy atom. The third-order valence-electron chi connectivity index (χ3n) is 4.82. The average molecular weight is 353 g/mol. The molecule has 0 saturated carbocycles. The summed E-state index contributed by atoms with van der Waals surface area (Å²) < 4.78 is 11.3. The molecule has 1 saturated heterocycles. The fraction of sp³-hybridized carbons (Fsp3) is 0.409. The van der Waals surface area contributed by atoms with Crippen LogP contribution in [0.1, 0.15) is 37.7 Å². The molecule has 0 radical (unpaired) electrons. The van der Waals surface area contributed by atoms with E-state index in [0.717, 1.165) is 17.9 Å². The van der Waals surface area contributed by atoms with E-state index in [2.05, 4.69) is 4.90 Å². The van der Waals surface area contributed by atoms with Gasteiger partial charge in [-0.15, -0.1) is 0 Å². The van der Waals surface area contributed by atoms with E-state index in [1.165, 1.54) is 32.4 Å². The Bertz CT molecular complexity index is 678. The molecule has 138 valence electrons. The normalized spacial score (nSPS) is 16.0. The monoisotopic (exact) mass is 353 g/mol. The molecule has 0 aliphatic carbocycles. The third kappa shape index (κ3) is 5.33. The van der Waals surface area contributed by atoms with Crippen LogP contribution in [0.4, 0.5) is 0 Å². The number of carbonyl (C=O) groups is 1. The highest BCUT2D eigenvalue weighted by atomic mass is 16.5. The summed E-state index contributed by atoms with van der Waals surface area (Å²) >= 11 is 0. The van der Waals surface area contributed by atoms with Crippen LogP contribution in [0.15, 0.2) is 54.6 Å². The highest BCUT2D eigenvalue weighted by molar-refractivity contribution is 5.79. The molecule has 26 heavy (non-hydrogen) atoms. The van der Waals surface area contributed by atoms with Gasteiger partial charge in [0.2, 0.25) is 0 Å². The first-order valence-electron chi connectivity index (χ1n) is 9.44. The second kappa shape index (κ2) is 9.39. The summed E-state index contributed by atoms with van der Waals surface area (Å²) in [5.74, 6) is 0.797. The van der Waals surface area contributed by atoms with Crippen molar-refractivity contribution in [2.24, 2.45) is 0 Å². The first-order valence-corrected chi connectivity index (χ1v) is 9.44. The van der Waals surface area contributed by atoms with Crippen molar-refractivity contribution in [2.75, 3.05) is 26.2 Å². The lowest BCUT2D eigenvalue weighted by molar-refractivity contribution is -0.135. The Hall–Kier alpha value is -2.33. The van der Waals surface area contributed by atoms with Gasteiger partial charge in [0.25, 0.3) is 0 Å². The van der Waals surface area contributed by atoms with Gasteiger partial charge in [-0.25, -0.2) is 0 Å². The molecule has 0 aromatic heterocycles. The van der Waals surface area contributed by atoms with Gasteiger partial charge in [-0.2, -0.15) is 0 Å². The number of piperidine rings is 1. The van der Waals surface area contributed by atoms with Crippen LogP contribution in [0.2, 0.25) is 0 Å². The summed E-state index contributed by atoms with van der Waals surface area (Å²) in [7, 11) is 0. The van der Waals surface area contributed by atoms with E-state index in [-0.39, 0.29) is 11.9 Å². The number of rotatable bonds is 7. The molecule has 2 aromatic rings. The van der Waals surface area contributed by atoms with Gasteiger partial charge < -0.3 is 9.47 Å². The molecule has 0 amide bonds. The molecule has 4 nitrogen and oxygen atoms in total. The molecule has 1 aliphatic heterocycles. The Balaban J connectivity index is 1.45. The topological polar surface area (TPSA) is 38.8 Å². The summed E-state index contributed by atoms with van der Waals surface area (Å²) in [6.45, 7) is 5.86. The molecular formula is C22H27NO3. The smallest absolute Gasteiger partial charge is 0.318 e. The van der Waals surface area contributed by atoms with Crippen LogP contribution < -0.4 is 9.47 Å². The fourth-order valence-corrected chi connectivity index (χ4v) is 3.16. The van der Waals surface area contributed by atoms with Crippen molar-refractivity contribution in [2.45, 2.75) is 32.1 Å². The Labute approximate surface area is 155 Å². The number of nitrogens with zero attached hydrogens (tertiary/aromatic N) is 1. The van der Waals surface area contributed by atoms with Crippen LogP contribution in [0.5, 0.6) is 11.5 Å². The van der Waals surface area contributed by atoms with Crippen LogP contribution in [0.25, 0.3) is 0 Å². The third-order valence-corrected chi connectivity index (χ3v) is 4.82. The number of hydrogen-bond acceptors (Lipinski definition) is 4. The largest absolute Gasteiger partial charge is 0.492 e. The number of ether oxygens (including phenoxy) is 2. The van der Waals surface area contributed by atoms with Gasteiger partial charge in [-0.3, -0.25) is 9.69 Å². The van der Waals surface area contributed by atoms with E-state index in [0.29, 0.717) is 12.4 Å². The highest BCUT2D eigenvalue weighted by Crippen LogP contribution is 2.21. The maximum atomic E-state index is 12.3. The maximum Gasteiger partial charge on any atom is 0.318 e. The molecule has 3 rings (SSSR count). The predicted molar refractivity (Wildman–Crippen MR) is 103 cm³/mol. The van der Waals surface area contributed by atoms with E-state index in [1.54, 1.807) is 12.1 Å². The second-order valence-electron chi connectivity index (χ2n) is 6.78. The van der Waals surface area contributed by atoms with Gasteiger partial charge >= 0.3 is 5.97 Å². The van der Waals surface area contributed by atoms with Gasteiger partial charge in [0, 0.05) is 6.54 Å². The van der Waals surface area contributed by atoms with Gasteiger partial charge in [0.05, 0.1) is 5.92 Å². The SMILES string of the molecule is CC(C(=O)Oc1ccc(OCCN2CCCCC2)cc1)c1ccccc1. The van der Waals surface area contributed by atoms with Crippen LogP contribution in [-0.2, 0) is 4.79 Å². The summed E-state index contributed by atoms with van der Waals surface area (Å²) in [4.78, 5) is 14.7. The zero-order chi connectivity index (χ0) is 18.2. The van der Waals surface area contributed by atoms with Crippen molar-refractivity contribution in [3.05, 3.63) is 60.2 Å². The summed E-state index contributed by atoms with van der Waals surface area (Å²) in [5.41, 5.74) is 0.954. The van der Waals surface area contributed by atoms with E-state index in [9.17, 15) is 4.79 Å². The zero-order valence-corrected chi connectivity index (χ0v) is 15.4. The van der Waals surface area contributed by atoms with Gasteiger partial charge in [-0.1, -0.05) is 36.8 Å². The molecule has 0 spiro atoms. The zero-order valence-electron chi connectivity index (χ0n) is 15.4. The van der Waals surface area contributed by atoms with Gasteiger partial charge in [-0.05, 0) is 62.7 Å². The Morgan fingerprint density at radius 1 is 0.962 bits per heavy atom. The number of hydrogen-bond donors (Lipinski definition) is 0. The quantitative estimate of drug-likeness (QED) is 0.551. The van der Waals surface area contributed by atoms with Gasteiger partial charge in [0.1, 0.15) is 18.1 Å². The van der Waals surface area contributed by atoms with Crippen molar-refractivity contribution < 1.29 is 14.3 Å². The van der Waals surface area contributed by atoms with Crippen LogP contribution >= 0.6 is 0 Å². The Kier molecular flexibility index (Phi) is 6.67. The minimum absolute atomic E-state index is 0.255. The lowest BCUT2D eigenvalue weighted by Crippen LogP contribution is -2.33. The first kappa shape index (κ1) is 18.5. The molecule has 0 bridgehead atoms. The standard InChI is InChI=1S/C22H27NO3/c1-18(19-8-4-2-5-9-19)22(24)26-21-12-10-20(11-13-21)25-17-16-23-14-6-3-7-15-23/h2,4-5,8-13,18H,3,6-7,14-17H2,1H3. The predicted octanol–water partition coefficient (Wildman–Crippen LogP) is 4.26. The van der Waals surface area contributed by atoms with Crippen LogP contribution in [-0.4, -0.2) is 37.1 Å². The summed E-state index contributed by atoms with van der Waals surface area (Å²) in [6, 6.07) is 16.9. The highest BCUT2D eigenvalue weighted by Gasteiger charge is 2.17. The molecule has 1 atom stereocenters. The van der Waals surface area contributed by atoms with Crippen molar-refractivity contribution in [3.8, 4) is 11.5 Å². The average Bonchev–Trinajstić information content (AvgIpc) is 2.70. The number of carbonyl (C=O) groups excluding carboxylic acids is 1. The second-order valence-corrected chi connectivity index (χ2v) is 6.78. The molecule has 1 heterocycles. The summed E-state index contributed by atoms with van der Waals surface area (Å²) in [5, 5.41) is 0. The van der Waals surface area contributed by atoms with E-state index < -0.39 is 0 Å². The lowest BCUT2D eigenvalue weighted by Gasteiger charge is -2.26. The van der Waals surface area contributed by atoms with E-state index in [1.807, 2.05) is 49.4 Å². The van der Waals surface area contributed by atoms with Crippen molar-refractivity contribution in [3.63, 3.8) is 0 Å². The van der Waals surface area contributed by atoms with Crippen molar-refractivity contribution >= 4 is 5.97 Å². The summed E-state index contributed by atoms with van der Waals surface area (Å²) in [6.07, 6.45) is 3.93. The fourth-order valence-electron chi connectivity index (χ4n) is 3.16. The van der Waals surface area contributed by atoms with Crippen molar-refractivity contribution in [1.82, 2.24) is 4.90 Å². The molecule has 1 unspecified atom stereocenters. The van der Waals surface area contributed by atoms with Crippen LogP contribution in [0, 0.1) is 0 Å². The molecule has 0 N–H and O–H groups in total. The molecule has 2 aromatic carbocycles. The van der Waals surface area contributed by atoms with E-state index in [4.69, 9.17) is 9.47 Å². The molecular weight excluding hydrogens is 326 g/mol. The molecule has 4 heteroatoms. The van der Waals surface area contributed by atoms with Crippen molar-refractivity contribution in [1.29, 1.82) is 0 Å². The first-order chi connectivity index (χ1) is 12.7. The minimum atomic E-state index is -0.295. The molecule has 1 fully saturated rings. The number of esters is 1. The van der Waals surface area contributed by atoms with E-state index >= 15 is 0 Å². The lowest BCUT2D eigenvalue weighted by atomic mass is 10.0. The van der Waals surface area contributed by atoms with Crippen LogP contribution in [0.3, 0.4) is 0 Å². The Morgan fingerprint density at radius 2 is 1.62 bits per heavy atom. The number of benzene rings is 2. The van der Waals surface area contributed by atoms with Gasteiger partial charge in [0.15, 0.2) is 0 Å².